The third kappa shape index (κ3) is 8.22. The molecule has 1 aliphatic rings. The zero-order valence-corrected chi connectivity index (χ0v) is 22.9. The first-order valence-electron chi connectivity index (χ1n) is 11.6. The van der Waals surface area contributed by atoms with Crippen LogP contribution >= 0.6 is 34.8 Å². The van der Waals surface area contributed by atoms with Crippen LogP contribution in [0.15, 0.2) is 36.4 Å². The minimum Gasteiger partial charge on any atom is -0.354 e. The molecule has 0 radical (unpaired) electrons. The van der Waals surface area contributed by atoms with Crippen molar-refractivity contribution < 1.29 is 53.5 Å². The molecule has 3 rings (SSSR count). The van der Waals surface area contributed by atoms with Crippen molar-refractivity contribution in [3.63, 3.8) is 0 Å². The Morgan fingerprint density at radius 2 is 1.50 bits per heavy atom. The van der Waals surface area contributed by atoms with E-state index < -0.39 is 82.8 Å². The number of halogens is 13. The summed E-state index contributed by atoms with van der Waals surface area (Å²) in [7, 11) is 0. The van der Waals surface area contributed by atoms with Gasteiger partial charge >= 0.3 is 18.5 Å². The van der Waals surface area contributed by atoms with Crippen LogP contribution in [0.5, 0.6) is 0 Å². The fraction of sp³-hybridized carbons (Fsp3) is 0.360. The first-order valence-corrected chi connectivity index (χ1v) is 12.8. The molecule has 0 aliphatic heterocycles. The lowest BCUT2D eigenvalue weighted by molar-refractivity contribution is -0.140. The first-order chi connectivity index (χ1) is 19.1. The molecule has 42 heavy (non-hydrogen) atoms. The summed E-state index contributed by atoms with van der Waals surface area (Å²) < 4.78 is 135. The molecule has 230 valence electrons. The average Bonchev–Trinajstić information content (AvgIpc) is 3.63. The lowest BCUT2D eigenvalue weighted by atomic mass is 9.95. The Kier molecular flexibility index (Phi) is 9.75. The van der Waals surface area contributed by atoms with Gasteiger partial charge in [0.2, 0.25) is 5.91 Å². The van der Waals surface area contributed by atoms with Crippen LogP contribution in [-0.2, 0) is 11.0 Å². The van der Waals surface area contributed by atoms with Gasteiger partial charge in [-0.3, -0.25) is 9.59 Å². The summed E-state index contributed by atoms with van der Waals surface area (Å²) in [6, 6.07) is 2.75. The summed E-state index contributed by atoms with van der Waals surface area (Å²) in [6.07, 6.45) is -16.6. The van der Waals surface area contributed by atoms with E-state index in [4.69, 9.17) is 34.8 Å². The Labute approximate surface area is 246 Å². The Bertz CT molecular complexity index is 1380. The highest BCUT2D eigenvalue weighted by atomic mass is 35.5. The van der Waals surface area contributed by atoms with E-state index in [1.807, 2.05) is 5.32 Å². The van der Waals surface area contributed by atoms with Crippen LogP contribution < -0.4 is 10.6 Å². The maximum Gasteiger partial charge on any atom is 0.417 e. The van der Waals surface area contributed by atoms with Gasteiger partial charge in [0.05, 0.1) is 32.6 Å². The lowest BCUT2D eigenvalue weighted by Gasteiger charge is -2.20. The van der Waals surface area contributed by atoms with Crippen molar-refractivity contribution in [1.82, 2.24) is 10.6 Å². The molecule has 1 unspecified atom stereocenters. The van der Waals surface area contributed by atoms with E-state index in [0.717, 1.165) is 12.1 Å². The van der Waals surface area contributed by atoms with Crippen LogP contribution in [0.3, 0.4) is 0 Å². The van der Waals surface area contributed by atoms with Crippen LogP contribution in [0.2, 0.25) is 15.1 Å². The standard InChI is InChI=1S/C25H17Cl3F10N2O2/c26-16-8-12(9-17(27)19(16)28)14(24(33,34)35)10-18(29)11-1-2-13(15(7-11)25(36,37)38)20(41)40-22(3-4-22)21(42)39-6-5-23(30,31)32/h1-2,7-10,14H,3-6H2,(H,39,42)(H,40,41). The van der Waals surface area contributed by atoms with Gasteiger partial charge < -0.3 is 10.6 Å². The van der Waals surface area contributed by atoms with E-state index in [9.17, 15) is 49.1 Å². The van der Waals surface area contributed by atoms with E-state index in [1.165, 1.54) is 0 Å². The van der Waals surface area contributed by atoms with Gasteiger partial charge in [0.15, 0.2) is 0 Å². The SMILES string of the molecule is O=C(NC1(C(=O)NCCC(F)(F)F)CC1)c1ccc(C(F)=CC(c2cc(Cl)c(Cl)c(Cl)c2)C(F)(F)F)cc1C(F)(F)F. The van der Waals surface area contributed by atoms with Gasteiger partial charge in [-0.05, 0) is 48.7 Å². The second-order valence-electron chi connectivity index (χ2n) is 9.25. The predicted molar refractivity (Wildman–Crippen MR) is 134 cm³/mol. The number of amides is 2. The second-order valence-corrected chi connectivity index (χ2v) is 10.4. The lowest BCUT2D eigenvalue weighted by Crippen LogP contribution is -2.49. The minimum atomic E-state index is -5.31. The molecule has 2 amide bonds. The van der Waals surface area contributed by atoms with Crippen molar-refractivity contribution in [2.45, 2.75) is 49.2 Å². The molecular weight excluding hydrogens is 657 g/mol. The van der Waals surface area contributed by atoms with Crippen LogP contribution in [0.25, 0.3) is 5.83 Å². The first kappa shape index (κ1) is 33.8. The zero-order chi connectivity index (χ0) is 31.8. The quantitative estimate of drug-likeness (QED) is 0.218. The van der Waals surface area contributed by atoms with E-state index in [2.05, 4.69) is 5.32 Å². The summed E-state index contributed by atoms with van der Waals surface area (Å²) in [6.45, 7) is -0.832. The molecule has 0 spiro atoms. The Balaban J connectivity index is 1.92. The molecule has 0 bridgehead atoms. The third-order valence-electron chi connectivity index (χ3n) is 6.11. The Morgan fingerprint density at radius 3 is 1.98 bits per heavy atom. The van der Waals surface area contributed by atoms with Crippen molar-refractivity contribution in [2.24, 2.45) is 0 Å². The van der Waals surface area contributed by atoms with Gasteiger partial charge in [-0.25, -0.2) is 4.39 Å². The highest BCUT2D eigenvalue weighted by molar-refractivity contribution is 6.48. The molecule has 4 nitrogen and oxygen atoms in total. The third-order valence-corrected chi connectivity index (χ3v) is 7.30. The molecule has 2 aromatic carbocycles. The molecule has 1 fully saturated rings. The molecule has 0 saturated heterocycles. The fourth-order valence-corrected chi connectivity index (χ4v) is 4.42. The predicted octanol–water partition coefficient (Wildman–Crippen LogP) is 8.65. The summed E-state index contributed by atoms with van der Waals surface area (Å²) in [4.78, 5) is 25.0. The van der Waals surface area contributed by atoms with Crippen molar-refractivity contribution in [3.05, 3.63) is 73.7 Å². The molecule has 1 aliphatic carbocycles. The smallest absolute Gasteiger partial charge is 0.354 e. The molecule has 1 saturated carbocycles. The number of rotatable bonds is 8. The number of hydrogen-bond donors (Lipinski definition) is 2. The molecule has 0 heterocycles. The number of hydrogen-bond acceptors (Lipinski definition) is 2. The van der Waals surface area contributed by atoms with Gasteiger partial charge in [0, 0.05) is 12.1 Å². The normalized spacial score (nSPS) is 16.2. The van der Waals surface area contributed by atoms with Crippen LogP contribution in [0, 0.1) is 0 Å². The van der Waals surface area contributed by atoms with Crippen LogP contribution in [-0.4, -0.2) is 36.3 Å². The highest BCUT2D eigenvalue weighted by Gasteiger charge is 2.52. The summed E-state index contributed by atoms with van der Waals surface area (Å²) in [5.74, 6) is -6.95. The maximum absolute atomic E-state index is 15.0. The van der Waals surface area contributed by atoms with E-state index >= 15 is 4.39 Å². The Hall–Kier alpha value is -2.71. The summed E-state index contributed by atoms with van der Waals surface area (Å²) >= 11 is 17.3. The number of nitrogens with one attached hydrogen (secondary N) is 2. The number of carbonyl (C=O) groups is 2. The molecule has 2 aromatic rings. The van der Waals surface area contributed by atoms with E-state index in [1.54, 1.807) is 0 Å². The van der Waals surface area contributed by atoms with Crippen molar-refractivity contribution in [3.8, 4) is 0 Å². The van der Waals surface area contributed by atoms with Crippen LogP contribution in [0.4, 0.5) is 43.9 Å². The molecule has 0 aromatic heterocycles. The van der Waals surface area contributed by atoms with Gasteiger partial charge in [0.25, 0.3) is 5.91 Å². The maximum atomic E-state index is 15.0. The number of allylic oxidation sites excluding steroid dienone is 1. The number of alkyl halides is 9. The fourth-order valence-electron chi connectivity index (χ4n) is 3.81. The molecule has 1 atom stereocenters. The van der Waals surface area contributed by atoms with Gasteiger partial charge in [-0.15, -0.1) is 0 Å². The Morgan fingerprint density at radius 1 is 0.929 bits per heavy atom. The molecular formula is C25H17Cl3F10N2O2. The zero-order valence-electron chi connectivity index (χ0n) is 20.6. The average molecular weight is 674 g/mol. The minimum absolute atomic E-state index is 0.00436. The number of benzene rings is 2. The summed E-state index contributed by atoms with van der Waals surface area (Å²) in [5.41, 5.74) is -6.22. The van der Waals surface area contributed by atoms with Gasteiger partial charge in [-0.2, -0.15) is 39.5 Å². The number of carbonyl (C=O) groups excluding carboxylic acids is 2. The van der Waals surface area contributed by atoms with Crippen molar-refractivity contribution >= 4 is 52.4 Å². The topological polar surface area (TPSA) is 58.2 Å². The van der Waals surface area contributed by atoms with Gasteiger partial charge in [-0.1, -0.05) is 40.9 Å². The van der Waals surface area contributed by atoms with Crippen molar-refractivity contribution in [2.75, 3.05) is 6.54 Å². The largest absolute Gasteiger partial charge is 0.417 e. The molecule has 17 heteroatoms. The summed E-state index contributed by atoms with van der Waals surface area (Å²) in [5, 5.41) is 2.95. The molecule has 2 N–H and O–H groups in total. The highest BCUT2D eigenvalue weighted by Crippen LogP contribution is 2.43. The monoisotopic (exact) mass is 672 g/mol. The van der Waals surface area contributed by atoms with E-state index in [0.29, 0.717) is 12.1 Å². The second kappa shape index (κ2) is 12.1. The van der Waals surface area contributed by atoms with Gasteiger partial charge in [0.1, 0.15) is 17.3 Å². The van der Waals surface area contributed by atoms with Crippen molar-refractivity contribution in [1.29, 1.82) is 0 Å². The van der Waals surface area contributed by atoms with E-state index in [-0.39, 0.29) is 40.1 Å². The van der Waals surface area contributed by atoms with Crippen LogP contribution in [0.1, 0.15) is 52.2 Å².